The highest BCUT2D eigenvalue weighted by Gasteiger charge is 2.15. The molecule has 1 aliphatic rings. The zero-order valence-electron chi connectivity index (χ0n) is 7.06. The number of hydrogen-bond acceptors (Lipinski definition) is 2. The van der Waals surface area contributed by atoms with E-state index >= 15 is 0 Å². The Kier molecular flexibility index (Phi) is 3.16. The van der Waals surface area contributed by atoms with Gasteiger partial charge in [-0.05, 0) is 39.5 Å². The van der Waals surface area contributed by atoms with E-state index in [0.29, 0.717) is 0 Å². The van der Waals surface area contributed by atoms with Gasteiger partial charge < -0.3 is 10.2 Å². The SMILES string of the molecule is CCN(C)C1CCNCC1. The summed E-state index contributed by atoms with van der Waals surface area (Å²) in [5, 5.41) is 3.37. The van der Waals surface area contributed by atoms with E-state index in [1.807, 2.05) is 0 Å². The van der Waals surface area contributed by atoms with Gasteiger partial charge in [-0.3, -0.25) is 0 Å². The number of nitrogens with zero attached hydrogens (tertiary/aromatic N) is 1. The molecule has 0 aromatic carbocycles. The maximum absolute atomic E-state index is 3.37. The van der Waals surface area contributed by atoms with Gasteiger partial charge in [-0.25, -0.2) is 0 Å². The van der Waals surface area contributed by atoms with Crippen LogP contribution in [0.5, 0.6) is 0 Å². The molecule has 1 fully saturated rings. The highest BCUT2D eigenvalue weighted by atomic mass is 15.1. The highest BCUT2D eigenvalue weighted by Crippen LogP contribution is 2.08. The zero-order chi connectivity index (χ0) is 7.40. The minimum Gasteiger partial charge on any atom is -0.317 e. The fourth-order valence-corrected chi connectivity index (χ4v) is 1.51. The van der Waals surface area contributed by atoms with Gasteiger partial charge in [0.05, 0.1) is 0 Å². The molecule has 0 aromatic heterocycles. The average Bonchev–Trinajstić information content (AvgIpc) is 2.05. The maximum Gasteiger partial charge on any atom is 0.0116 e. The van der Waals surface area contributed by atoms with Gasteiger partial charge in [-0.15, -0.1) is 0 Å². The Hall–Kier alpha value is -0.0800. The summed E-state index contributed by atoms with van der Waals surface area (Å²) in [6.45, 7) is 5.82. The molecule has 1 heterocycles. The Morgan fingerprint density at radius 1 is 1.40 bits per heavy atom. The molecule has 1 aliphatic heterocycles. The fourth-order valence-electron chi connectivity index (χ4n) is 1.51. The predicted octanol–water partition coefficient (Wildman–Crippen LogP) is 0.690. The minimum atomic E-state index is 0.839. The van der Waals surface area contributed by atoms with Gasteiger partial charge in [-0.2, -0.15) is 0 Å². The summed E-state index contributed by atoms with van der Waals surface area (Å²) in [6.07, 6.45) is 2.65. The topological polar surface area (TPSA) is 15.3 Å². The molecule has 2 heteroatoms. The van der Waals surface area contributed by atoms with Crippen molar-refractivity contribution in [1.29, 1.82) is 0 Å². The lowest BCUT2D eigenvalue weighted by Crippen LogP contribution is -2.40. The molecule has 0 saturated carbocycles. The molecule has 0 bridgehead atoms. The number of hydrogen-bond donors (Lipinski definition) is 1. The largest absolute Gasteiger partial charge is 0.317 e. The zero-order valence-corrected chi connectivity index (χ0v) is 7.06. The molecule has 1 rings (SSSR count). The molecule has 1 saturated heterocycles. The Labute approximate surface area is 63.6 Å². The van der Waals surface area contributed by atoms with Crippen LogP contribution in [-0.4, -0.2) is 37.6 Å². The van der Waals surface area contributed by atoms with E-state index < -0.39 is 0 Å². The number of nitrogens with one attached hydrogen (secondary N) is 1. The molecule has 0 radical (unpaired) electrons. The molecule has 0 spiro atoms. The summed E-state index contributed by atoms with van der Waals surface area (Å²) >= 11 is 0. The van der Waals surface area contributed by atoms with Crippen LogP contribution in [0, 0.1) is 0 Å². The van der Waals surface area contributed by atoms with Crippen molar-refractivity contribution in [2.45, 2.75) is 25.8 Å². The van der Waals surface area contributed by atoms with Gasteiger partial charge in [0, 0.05) is 6.04 Å². The molecule has 10 heavy (non-hydrogen) atoms. The van der Waals surface area contributed by atoms with Crippen molar-refractivity contribution in [2.75, 3.05) is 26.7 Å². The van der Waals surface area contributed by atoms with Crippen molar-refractivity contribution >= 4 is 0 Å². The Balaban J connectivity index is 2.24. The third-order valence-corrected chi connectivity index (χ3v) is 2.43. The average molecular weight is 142 g/mol. The summed E-state index contributed by atoms with van der Waals surface area (Å²) < 4.78 is 0. The van der Waals surface area contributed by atoms with Crippen molar-refractivity contribution in [3.8, 4) is 0 Å². The second-order valence-corrected chi connectivity index (χ2v) is 3.05. The first kappa shape index (κ1) is 8.02. The second kappa shape index (κ2) is 3.94. The third kappa shape index (κ3) is 1.96. The molecule has 0 atom stereocenters. The molecule has 0 unspecified atom stereocenters. The van der Waals surface area contributed by atoms with E-state index in [2.05, 4.69) is 24.2 Å². The Bertz CT molecular complexity index is 87.3. The van der Waals surface area contributed by atoms with Crippen LogP contribution in [0.15, 0.2) is 0 Å². The van der Waals surface area contributed by atoms with Gasteiger partial charge in [0.25, 0.3) is 0 Å². The molecule has 1 N–H and O–H groups in total. The van der Waals surface area contributed by atoms with Gasteiger partial charge >= 0.3 is 0 Å². The van der Waals surface area contributed by atoms with E-state index in [9.17, 15) is 0 Å². The second-order valence-electron chi connectivity index (χ2n) is 3.05. The van der Waals surface area contributed by atoms with Crippen LogP contribution in [0.3, 0.4) is 0 Å². The first-order chi connectivity index (χ1) is 4.84. The van der Waals surface area contributed by atoms with Gasteiger partial charge in [0.2, 0.25) is 0 Å². The predicted molar refractivity (Wildman–Crippen MR) is 44.2 cm³/mol. The molecular formula is C8H18N2. The van der Waals surface area contributed by atoms with Gasteiger partial charge in [0.15, 0.2) is 0 Å². The summed E-state index contributed by atoms with van der Waals surface area (Å²) in [4.78, 5) is 2.45. The van der Waals surface area contributed by atoms with E-state index in [1.54, 1.807) is 0 Å². The van der Waals surface area contributed by atoms with Crippen LogP contribution < -0.4 is 5.32 Å². The van der Waals surface area contributed by atoms with E-state index in [1.165, 1.54) is 32.5 Å². The van der Waals surface area contributed by atoms with Crippen LogP contribution in [0.2, 0.25) is 0 Å². The van der Waals surface area contributed by atoms with E-state index in [4.69, 9.17) is 0 Å². The van der Waals surface area contributed by atoms with Crippen molar-refractivity contribution in [1.82, 2.24) is 10.2 Å². The van der Waals surface area contributed by atoms with Crippen molar-refractivity contribution < 1.29 is 0 Å². The van der Waals surface area contributed by atoms with Crippen LogP contribution in [0.25, 0.3) is 0 Å². The quantitative estimate of drug-likeness (QED) is 0.610. The summed E-state index contributed by atoms with van der Waals surface area (Å²) in [5.41, 5.74) is 0. The lowest BCUT2D eigenvalue weighted by Gasteiger charge is -2.30. The minimum absolute atomic E-state index is 0.839. The monoisotopic (exact) mass is 142 g/mol. The molecule has 60 valence electrons. The summed E-state index contributed by atoms with van der Waals surface area (Å²) in [5.74, 6) is 0. The van der Waals surface area contributed by atoms with Gasteiger partial charge in [-0.1, -0.05) is 6.92 Å². The molecule has 0 amide bonds. The molecular weight excluding hydrogens is 124 g/mol. The molecule has 0 aliphatic carbocycles. The van der Waals surface area contributed by atoms with Gasteiger partial charge in [0.1, 0.15) is 0 Å². The van der Waals surface area contributed by atoms with Crippen molar-refractivity contribution in [3.05, 3.63) is 0 Å². The first-order valence-electron chi connectivity index (χ1n) is 4.25. The van der Waals surface area contributed by atoms with E-state index in [-0.39, 0.29) is 0 Å². The smallest absolute Gasteiger partial charge is 0.0116 e. The maximum atomic E-state index is 3.37. The van der Waals surface area contributed by atoms with Crippen LogP contribution in [-0.2, 0) is 0 Å². The molecule has 2 nitrogen and oxygen atoms in total. The van der Waals surface area contributed by atoms with Crippen molar-refractivity contribution in [3.63, 3.8) is 0 Å². The van der Waals surface area contributed by atoms with Crippen molar-refractivity contribution in [2.24, 2.45) is 0 Å². The van der Waals surface area contributed by atoms with Crippen LogP contribution in [0.1, 0.15) is 19.8 Å². The number of rotatable bonds is 2. The lowest BCUT2D eigenvalue weighted by atomic mass is 10.1. The van der Waals surface area contributed by atoms with Crippen LogP contribution in [0.4, 0.5) is 0 Å². The Morgan fingerprint density at radius 2 is 2.00 bits per heavy atom. The highest BCUT2D eigenvalue weighted by molar-refractivity contribution is 4.74. The Morgan fingerprint density at radius 3 is 2.50 bits per heavy atom. The number of piperidine rings is 1. The normalized spacial score (nSPS) is 21.9. The fraction of sp³-hybridized carbons (Fsp3) is 1.00. The first-order valence-corrected chi connectivity index (χ1v) is 4.25. The summed E-state index contributed by atoms with van der Waals surface area (Å²) in [7, 11) is 2.22. The third-order valence-electron chi connectivity index (χ3n) is 2.43. The van der Waals surface area contributed by atoms with E-state index in [0.717, 1.165) is 6.04 Å². The van der Waals surface area contributed by atoms with Crippen LogP contribution >= 0.6 is 0 Å². The molecule has 0 aromatic rings. The standard InChI is InChI=1S/C8H18N2/c1-3-10(2)8-4-6-9-7-5-8/h8-9H,3-7H2,1-2H3. The summed E-state index contributed by atoms with van der Waals surface area (Å²) in [6, 6.07) is 0.839. The lowest BCUT2D eigenvalue weighted by molar-refractivity contribution is 0.208.